The standard InChI is InChI=1S/C17H26N2O3S/c1-12-7-9-23-14(12)15(20)18-10-13-6-5-8-19(11-13)16(21)22-17(2,3)4/h7,9,13H,5-6,8,10-11H2,1-4H3,(H,18,20). The van der Waals surface area contributed by atoms with Crippen LogP contribution in [0.15, 0.2) is 11.4 Å². The molecule has 0 bridgehead atoms. The Morgan fingerprint density at radius 3 is 2.78 bits per heavy atom. The van der Waals surface area contributed by atoms with Gasteiger partial charge in [0.15, 0.2) is 0 Å². The number of amides is 2. The number of piperidine rings is 1. The van der Waals surface area contributed by atoms with Crippen molar-refractivity contribution >= 4 is 23.3 Å². The van der Waals surface area contributed by atoms with Gasteiger partial charge in [0.2, 0.25) is 0 Å². The Labute approximate surface area is 142 Å². The average Bonchev–Trinajstić information content (AvgIpc) is 2.89. The van der Waals surface area contributed by atoms with Gasteiger partial charge < -0.3 is 15.0 Å². The number of rotatable bonds is 3. The van der Waals surface area contributed by atoms with Gasteiger partial charge in [-0.2, -0.15) is 0 Å². The highest BCUT2D eigenvalue weighted by molar-refractivity contribution is 7.12. The van der Waals surface area contributed by atoms with E-state index in [2.05, 4.69) is 5.32 Å². The predicted octanol–water partition coefficient (Wildman–Crippen LogP) is 3.43. The van der Waals surface area contributed by atoms with Crippen LogP contribution in [-0.2, 0) is 4.74 Å². The summed E-state index contributed by atoms with van der Waals surface area (Å²) in [6.07, 6.45) is 1.70. The highest BCUT2D eigenvalue weighted by atomic mass is 32.1. The van der Waals surface area contributed by atoms with Crippen molar-refractivity contribution in [2.45, 2.75) is 46.1 Å². The molecule has 2 rings (SSSR count). The number of carbonyl (C=O) groups excluding carboxylic acids is 2. The number of likely N-dealkylation sites (tertiary alicyclic amines) is 1. The number of hydrogen-bond donors (Lipinski definition) is 1. The van der Waals surface area contributed by atoms with Gasteiger partial charge in [-0.25, -0.2) is 4.79 Å². The van der Waals surface area contributed by atoms with Crippen molar-refractivity contribution in [3.63, 3.8) is 0 Å². The number of thiophene rings is 1. The Bertz CT molecular complexity index is 562. The first-order valence-electron chi connectivity index (χ1n) is 8.06. The Hall–Kier alpha value is -1.56. The number of nitrogens with zero attached hydrogens (tertiary/aromatic N) is 1. The Morgan fingerprint density at radius 2 is 2.17 bits per heavy atom. The fourth-order valence-corrected chi connectivity index (χ4v) is 3.49. The van der Waals surface area contributed by atoms with Gasteiger partial charge in [0.1, 0.15) is 5.60 Å². The molecule has 0 saturated carbocycles. The zero-order chi connectivity index (χ0) is 17.0. The van der Waals surface area contributed by atoms with Crippen molar-refractivity contribution in [1.82, 2.24) is 10.2 Å². The molecule has 1 saturated heterocycles. The zero-order valence-corrected chi connectivity index (χ0v) is 15.2. The van der Waals surface area contributed by atoms with Crippen molar-refractivity contribution in [3.8, 4) is 0 Å². The van der Waals surface area contributed by atoms with E-state index in [-0.39, 0.29) is 17.9 Å². The van der Waals surface area contributed by atoms with Gasteiger partial charge in [0, 0.05) is 19.6 Å². The smallest absolute Gasteiger partial charge is 0.410 e. The SMILES string of the molecule is Cc1ccsc1C(=O)NCC1CCCN(C(=O)OC(C)(C)C)C1. The van der Waals surface area contributed by atoms with Crippen molar-refractivity contribution in [2.24, 2.45) is 5.92 Å². The topological polar surface area (TPSA) is 58.6 Å². The van der Waals surface area contributed by atoms with E-state index in [0.29, 0.717) is 13.1 Å². The predicted molar refractivity (Wildman–Crippen MR) is 91.9 cm³/mol. The number of hydrogen-bond acceptors (Lipinski definition) is 4. The van der Waals surface area contributed by atoms with E-state index >= 15 is 0 Å². The number of carbonyl (C=O) groups is 2. The second kappa shape index (κ2) is 7.34. The quantitative estimate of drug-likeness (QED) is 0.918. The summed E-state index contributed by atoms with van der Waals surface area (Å²) < 4.78 is 5.43. The molecule has 1 fully saturated rings. The van der Waals surface area contributed by atoms with E-state index < -0.39 is 5.60 Å². The molecule has 1 N–H and O–H groups in total. The lowest BCUT2D eigenvalue weighted by molar-refractivity contribution is 0.0167. The summed E-state index contributed by atoms with van der Waals surface area (Å²) in [5, 5.41) is 4.92. The van der Waals surface area contributed by atoms with Gasteiger partial charge in [0.05, 0.1) is 4.88 Å². The summed E-state index contributed by atoms with van der Waals surface area (Å²) in [5.41, 5.74) is 0.529. The summed E-state index contributed by atoms with van der Waals surface area (Å²) in [4.78, 5) is 26.8. The number of ether oxygens (including phenoxy) is 1. The van der Waals surface area contributed by atoms with Crippen molar-refractivity contribution in [2.75, 3.05) is 19.6 Å². The van der Waals surface area contributed by atoms with Crippen molar-refractivity contribution < 1.29 is 14.3 Å². The lowest BCUT2D eigenvalue weighted by atomic mass is 9.98. The van der Waals surface area contributed by atoms with E-state index in [9.17, 15) is 9.59 Å². The fraction of sp³-hybridized carbons (Fsp3) is 0.647. The van der Waals surface area contributed by atoms with Gasteiger partial charge in [-0.05, 0) is 63.5 Å². The largest absolute Gasteiger partial charge is 0.444 e. The van der Waals surface area contributed by atoms with E-state index in [1.54, 1.807) is 4.90 Å². The average molecular weight is 338 g/mol. The van der Waals surface area contributed by atoms with Gasteiger partial charge in [-0.3, -0.25) is 4.79 Å². The molecule has 0 spiro atoms. The van der Waals surface area contributed by atoms with Crippen molar-refractivity contribution in [1.29, 1.82) is 0 Å². The molecule has 0 radical (unpaired) electrons. The summed E-state index contributed by atoms with van der Waals surface area (Å²) >= 11 is 1.46. The third-order valence-corrected chi connectivity index (χ3v) is 4.81. The van der Waals surface area contributed by atoms with E-state index in [1.165, 1.54) is 11.3 Å². The molecule has 6 heteroatoms. The monoisotopic (exact) mass is 338 g/mol. The zero-order valence-electron chi connectivity index (χ0n) is 14.3. The molecule has 5 nitrogen and oxygen atoms in total. The lowest BCUT2D eigenvalue weighted by Gasteiger charge is -2.34. The first-order valence-corrected chi connectivity index (χ1v) is 8.94. The summed E-state index contributed by atoms with van der Waals surface area (Å²) in [6.45, 7) is 9.51. The van der Waals surface area contributed by atoms with E-state index in [1.807, 2.05) is 39.1 Å². The molecule has 128 valence electrons. The summed E-state index contributed by atoms with van der Waals surface area (Å²) in [5.74, 6) is 0.257. The molecule has 0 aromatic carbocycles. The molecule has 2 amide bonds. The molecule has 1 atom stereocenters. The van der Waals surface area contributed by atoms with Gasteiger partial charge in [-0.15, -0.1) is 11.3 Å². The first-order chi connectivity index (χ1) is 10.8. The summed E-state index contributed by atoms with van der Waals surface area (Å²) in [6, 6.07) is 1.95. The molecular formula is C17H26N2O3S. The third-order valence-electron chi connectivity index (χ3n) is 3.79. The fourth-order valence-electron chi connectivity index (χ4n) is 2.65. The van der Waals surface area contributed by atoms with E-state index in [4.69, 9.17) is 4.74 Å². The maximum atomic E-state index is 12.2. The van der Waals surface area contributed by atoms with Crippen LogP contribution in [0, 0.1) is 12.8 Å². The minimum Gasteiger partial charge on any atom is -0.444 e. The Balaban J connectivity index is 1.83. The molecule has 1 aromatic rings. The maximum Gasteiger partial charge on any atom is 0.410 e. The van der Waals surface area contributed by atoms with Crippen LogP contribution in [0.2, 0.25) is 0 Å². The van der Waals surface area contributed by atoms with Crippen LogP contribution in [-0.4, -0.2) is 42.1 Å². The second-order valence-corrected chi connectivity index (χ2v) is 7.99. The molecule has 1 unspecified atom stereocenters. The van der Waals surface area contributed by atoms with Crippen LogP contribution in [0.5, 0.6) is 0 Å². The number of nitrogens with one attached hydrogen (secondary N) is 1. The molecule has 1 aromatic heterocycles. The lowest BCUT2D eigenvalue weighted by Crippen LogP contribution is -2.45. The van der Waals surface area contributed by atoms with Crippen LogP contribution in [0.3, 0.4) is 0 Å². The third kappa shape index (κ3) is 5.23. The minimum absolute atomic E-state index is 0.0214. The minimum atomic E-state index is -0.477. The first kappa shape index (κ1) is 17.8. The molecule has 2 heterocycles. The van der Waals surface area contributed by atoms with E-state index in [0.717, 1.165) is 29.8 Å². The number of aryl methyl sites for hydroxylation is 1. The van der Waals surface area contributed by atoms with Crippen LogP contribution >= 0.6 is 11.3 Å². The highest BCUT2D eigenvalue weighted by Crippen LogP contribution is 2.20. The van der Waals surface area contributed by atoms with Crippen LogP contribution in [0.1, 0.15) is 48.8 Å². The normalized spacial score (nSPS) is 18.6. The molecule has 1 aliphatic rings. The van der Waals surface area contributed by atoms with Crippen LogP contribution in [0.25, 0.3) is 0 Å². The highest BCUT2D eigenvalue weighted by Gasteiger charge is 2.27. The molecule has 1 aliphatic heterocycles. The van der Waals surface area contributed by atoms with Crippen LogP contribution < -0.4 is 5.32 Å². The van der Waals surface area contributed by atoms with Gasteiger partial charge in [0.25, 0.3) is 5.91 Å². The van der Waals surface area contributed by atoms with Crippen LogP contribution in [0.4, 0.5) is 4.79 Å². The Morgan fingerprint density at radius 1 is 1.43 bits per heavy atom. The van der Waals surface area contributed by atoms with Gasteiger partial charge >= 0.3 is 6.09 Å². The summed E-state index contributed by atoms with van der Waals surface area (Å²) in [7, 11) is 0. The molecule has 0 aliphatic carbocycles. The van der Waals surface area contributed by atoms with Crippen molar-refractivity contribution in [3.05, 3.63) is 21.9 Å². The molecular weight excluding hydrogens is 312 g/mol. The van der Waals surface area contributed by atoms with Gasteiger partial charge in [-0.1, -0.05) is 0 Å². The maximum absolute atomic E-state index is 12.2. The Kier molecular flexibility index (Phi) is 5.68. The second-order valence-electron chi connectivity index (χ2n) is 7.08. The molecule has 23 heavy (non-hydrogen) atoms.